The first-order valence-corrected chi connectivity index (χ1v) is 10.3. The van der Waals surface area contributed by atoms with E-state index in [1.807, 2.05) is 0 Å². The Kier molecular flexibility index (Phi) is 5.61. The van der Waals surface area contributed by atoms with E-state index in [0.717, 1.165) is 12.8 Å². The summed E-state index contributed by atoms with van der Waals surface area (Å²) in [5, 5.41) is 15.0. The molecule has 1 saturated carbocycles. The van der Waals surface area contributed by atoms with Crippen LogP contribution in [0.2, 0.25) is 0 Å². The zero-order valence-electron chi connectivity index (χ0n) is 15.1. The van der Waals surface area contributed by atoms with Crippen molar-refractivity contribution in [2.24, 2.45) is 11.5 Å². The standard InChI is InChI=1S/C15H24N6O6S/c16-11(3-1-9-2-4-13(22)21(9)27-28(23,24)25)12-7-10(26-20-12)8-15(5-6-15)19-14(17)18/h7,9,11H,1-6,8,16H2,(H4,17,18,19)(H,23,24,25)/t9-,11+/m1/s1. The van der Waals surface area contributed by atoms with E-state index in [4.69, 9.17) is 26.0 Å². The topological polar surface area (TPSA) is 198 Å². The van der Waals surface area contributed by atoms with Crippen LogP contribution in [-0.2, 0) is 25.9 Å². The van der Waals surface area contributed by atoms with Gasteiger partial charge in [-0.2, -0.15) is 13.5 Å². The highest BCUT2D eigenvalue weighted by Gasteiger charge is 2.44. The van der Waals surface area contributed by atoms with Crippen molar-refractivity contribution in [2.45, 2.75) is 62.6 Å². The van der Waals surface area contributed by atoms with Crippen molar-refractivity contribution in [3.05, 3.63) is 17.5 Å². The van der Waals surface area contributed by atoms with Crippen molar-refractivity contribution >= 4 is 22.3 Å². The molecule has 2 fully saturated rings. The number of guanidine groups is 1. The summed E-state index contributed by atoms with van der Waals surface area (Å²) in [6, 6.07) is 0.775. The number of aromatic nitrogens is 1. The lowest BCUT2D eigenvalue weighted by Crippen LogP contribution is -2.42. The number of carbonyl (C=O) groups excluding carboxylic acids is 1. The van der Waals surface area contributed by atoms with Crippen molar-refractivity contribution in [1.82, 2.24) is 15.5 Å². The molecule has 1 aromatic rings. The third-order valence-corrected chi connectivity index (χ3v) is 5.33. The van der Waals surface area contributed by atoms with Crippen molar-refractivity contribution in [1.29, 1.82) is 5.41 Å². The second-order valence-corrected chi connectivity index (χ2v) is 8.32. The molecule has 0 aromatic carbocycles. The Hall–Kier alpha value is -2.22. The SMILES string of the molecule is N=C(N)NC1(Cc2cc([C@@H](N)CC[C@@H]3CCC(=O)N3OS(=O)(=O)O)no2)CC1. The van der Waals surface area contributed by atoms with Crippen LogP contribution in [0.4, 0.5) is 0 Å². The molecule has 1 aliphatic carbocycles. The van der Waals surface area contributed by atoms with Crippen LogP contribution in [0.1, 0.15) is 56.0 Å². The maximum Gasteiger partial charge on any atom is 0.418 e. The molecule has 0 radical (unpaired) electrons. The molecule has 2 heterocycles. The molecule has 0 spiro atoms. The molecule has 1 aromatic heterocycles. The lowest BCUT2D eigenvalue weighted by molar-refractivity contribution is -0.157. The van der Waals surface area contributed by atoms with Gasteiger partial charge in [0.1, 0.15) is 11.5 Å². The highest BCUT2D eigenvalue weighted by Crippen LogP contribution is 2.38. The third-order valence-electron chi connectivity index (χ3n) is 4.98. The first-order valence-electron chi connectivity index (χ1n) is 8.89. The fraction of sp³-hybridized carbons (Fsp3) is 0.667. The number of nitrogens with two attached hydrogens (primary N) is 2. The fourth-order valence-electron chi connectivity index (χ4n) is 3.41. The van der Waals surface area contributed by atoms with Gasteiger partial charge in [0.05, 0.1) is 12.1 Å². The van der Waals surface area contributed by atoms with Crippen molar-refractivity contribution in [3.63, 3.8) is 0 Å². The number of rotatable bonds is 9. The van der Waals surface area contributed by atoms with Crippen molar-refractivity contribution < 1.29 is 26.6 Å². The van der Waals surface area contributed by atoms with Gasteiger partial charge in [0.15, 0.2) is 5.96 Å². The Morgan fingerprint density at radius 3 is 2.89 bits per heavy atom. The van der Waals surface area contributed by atoms with Gasteiger partial charge in [-0.3, -0.25) is 14.8 Å². The van der Waals surface area contributed by atoms with Crippen LogP contribution in [0.3, 0.4) is 0 Å². The normalized spacial score (nSPS) is 22.3. The molecule has 3 rings (SSSR count). The van der Waals surface area contributed by atoms with E-state index in [2.05, 4.69) is 14.8 Å². The van der Waals surface area contributed by atoms with E-state index in [1.165, 1.54) is 0 Å². The molecular weight excluding hydrogens is 392 g/mol. The van der Waals surface area contributed by atoms with E-state index < -0.39 is 28.4 Å². The van der Waals surface area contributed by atoms with Gasteiger partial charge >= 0.3 is 10.4 Å². The van der Waals surface area contributed by atoms with Crippen molar-refractivity contribution in [2.75, 3.05) is 0 Å². The quantitative estimate of drug-likeness (QED) is 0.203. The minimum atomic E-state index is -4.76. The molecule has 7 N–H and O–H groups in total. The van der Waals surface area contributed by atoms with E-state index in [-0.39, 0.29) is 17.9 Å². The maximum atomic E-state index is 11.7. The summed E-state index contributed by atoms with van der Waals surface area (Å²) in [5.41, 5.74) is 11.8. The number of hydroxylamine groups is 2. The van der Waals surface area contributed by atoms with Crippen LogP contribution in [0, 0.1) is 5.41 Å². The second kappa shape index (κ2) is 7.66. The highest BCUT2D eigenvalue weighted by molar-refractivity contribution is 7.80. The number of carbonyl (C=O) groups is 1. The molecule has 0 unspecified atom stereocenters. The molecule has 156 valence electrons. The predicted octanol–water partition coefficient (Wildman–Crippen LogP) is -0.262. The van der Waals surface area contributed by atoms with E-state index >= 15 is 0 Å². The molecule has 28 heavy (non-hydrogen) atoms. The van der Waals surface area contributed by atoms with Gasteiger partial charge in [-0.1, -0.05) is 5.16 Å². The molecule has 13 heteroatoms. The lowest BCUT2D eigenvalue weighted by atomic mass is 10.0. The smallest absolute Gasteiger partial charge is 0.370 e. The van der Waals surface area contributed by atoms with Gasteiger partial charge in [0.25, 0.3) is 0 Å². The molecule has 2 aliphatic rings. The molecular formula is C15H24N6O6S. The van der Waals surface area contributed by atoms with Crippen LogP contribution in [0.5, 0.6) is 0 Å². The van der Waals surface area contributed by atoms with Gasteiger partial charge < -0.3 is 21.3 Å². The Balaban J connectivity index is 1.54. The first-order chi connectivity index (χ1) is 13.1. The second-order valence-electron chi connectivity index (χ2n) is 7.31. The van der Waals surface area contributed by atoms with E-state index in [0.29, 0.717) is 42.2 Å². The average Bonchev–Trinajstić information content (AvgIpc) is 3.00. The van der Waals surface area contributed by atoms with Crippen LogP contribution < -0.4 is 16.8 Å². The van der Waals surface area contributed by atoms with Gasteiger partial charge in [-0.15, -0.1) is 4.28 Å². The molecule has 2 atom stereocenters. The number of amides is 1. The van der Waals surface area contributed by atoms with Gasteiger partial charge in [0.2, 0.25) is 5.91 Å². The zero-order chi connectivity index (χ0) is 20.5. The first kappa shape index (κ1) is 20.5. The summed E-state index contributed by atoms with van der Waals surface area (Å²) in [7, 11) is -4.76. The van der Waals surface area contributed by atoms with Gasteiger partial charge in [0, 0.05) is 24.4 Å². The van der Waals surface area contributed by atoms with Crippen LogP contribution in [0.25, 0.3) is 0 Å². The monoisotopic (exact) mass is 416 g/mol. The average molecular weight is 416 g/mol. The molecule has 12 nitrogen and oxygen atoms in total. The maximum absolute atomic E-state index is 11.7. The van der Waals surface area contributed by atoms with Crippen molar-refractivity contribution in [3.8, 4) is 0 Å². The summed E-state index contributed by atoms with van der Waals surface area (Å²) >= 11 is 0. The number of hydrogen-bond donors (Lipinski definition) is 5. The Labute approximate surface area is 162 Å². The molecule has 0 bridgehead atoms. The largest absolute Gasteiger partial charge is 0.418 e. The molecule has 1 amide bonds. The Morgan fingerprint density at radius 2 is 2.29 bits per heavy atom. The van der Waals surface area contributed by atoms with Crippen LogP contribution >= 0.6 is 0 Å². The minimum Gasteiger partial charge on any atom is -0.370 e. The fourth-order valence-corrected chi connectivity index (χ4v) is 3.82. The van der Waals surface area contributed by atoms with E-state index in [9.17, 15) is 13.2 Å². The number of nitrogens with zero attached hydrogens (tertiary/aromatic N) is 2. The van der Waals surface area contributed by atoms with Crippen LogP contribution in [-0.4, -0.2) is 46.6 Å². The highest BCUT2D eigenvalue weighted by atomic mass is 32.3. The molecule has 1 saturated heterocycles. The number of hydrogen-bond acceptors (Lipinski definition) is 8. The third kappa shape index (κ3) is 5.19. The summed E-state index contributed by atoms with van der Waals surface area (Å²) < 4.78 is 40.3. The summed E-state index contributed by atoms with van der Waals surface area (Å²) in [4.78, 5) is 11.7. The van der Waals surface area contributed by atoms with Gasteiger partial charge in [-0.25, -0.2) is 0 Å². The van der Waals surface area contributed by atoms with Gasteiger partial charge in [-0.05, 0) is 32.1 Å². The summed E-state index contributed by atoms with van der Waals surface area (Å²) in [6.07, 6.45) is 3.63. The predicted molar refractivity (Wildman–Crippen MR) is 95.9 cm³/mol. The van der Waals surface area contributed by atoms with Crippen LogP contribution in [0.15, 0.2) is 10.6 Å². The Morgan fingerprint density at radius 1 is 1.57 bits per heavy atom. The molecule has 1 aliphatic heterocycles. The van der Waals surface area contributed by atoms with E-state index in [1.54, 1.807) is 6.07 Å². The number of nitrogens with one attached hydrogen (secondary N) is 2. The Bertz CT molecular complexity index is 851. The zero-order valence-corrected chi connectivity index (χ0v) is 15.9. The summed E-state index contributed by atoms with van der Waals surface area (Å²) in [5.74, 6) is 0.0356. The minimum absolute atomic E-state index is 0.0864. The summed E-state index contributed by atoms with van der Waals surface area (Å²) in [6.45, 7) is 0. The lowest BCUT2D eigenvalue weighted by Gasteiger charge is -2.22.